The molecule has 1 atom stereocenters. The first-order valence-electron chi connectivity index (χ1n) is 9.61. The van der Waals surface area contributed by atoms with Crippen LogP contribution >= 0.6 is 12.4 Å². The van der Waals surface area contributed by atoms with Gasteiger partial charge >= 0.3 is 0 Å². The Morgan fingerprint density at radius 1 is 0.786 bits per heavy atom. The number of fused-ring (bicyclic) bond motifs is 1. The quantitative estimate of drug-likeness (QED) is 0.520. The summed E-state index contributed by atoms with van der Waals surface area (Å²) in [6.07, 6.45) is 3.28. The van der Waals surface area contributed by atoms with Crippen molar-refractivity contribution in [2.75, 3.05) is 20.8 Å². The van der Waals surface area contributed by atoms with Gasteiger partial charge in [0.2, 0.25) is 0 Å². The number of methoxy groups -OCH3 is 2. The second-order valence-electron chi connectivity index (χ2n) is 7.02. The SMILES string of the molecule is COc1cc2ccc(CCNC(C)CCc3ccccc3)cc2cc1OC.Cl. The van der Waals surface area contributed by atoms with Crippen LogP contribution in [0.5, 0.6) is 11.5 Å². The van der Waals surface area contributed by atoms with Crippen molar-refractivity contribution in [2.45, 2.75) is 32.2 Å². The summed E-state index contributed by atoms with van der Waals surface area (Å²) < 4.78 is 10.8. The molecule has 0 saturated carbocycles. The number of hydrogen-bond donors (Lipinski definition) is 1. The second kappa shape index (κ2) is 10.9. The first-order chi connectivity index (χ1) is 13.2. The Hall–Kier alpha value is -2.23. The minimum atomic E-state index is 0. The fourth-order valence-electron chi connectivity index (χ4n) is 3.37. The maximum atomic E-state index is 5.42. The van der Waals surface area contributed by atoms with Crippen LogP contribution in [0.1, 0.15) is 24.5 Å². The largest absolute Gasteiger partial charge is 0.493 e. The molecule has 0 aliphatic heterocycles. The molecule has 3 aromatic rings. The molecule has 0 aliphatic rings. The molecule has 0 saturated heterocycles. The smallest absolute Gasteiger partial charge is 0.161 e. The zero-order chi connectivity index (χ0) is 19.1. The Balaban J connectivity index is 0.00000280. The second-order valence-corrected chi connectivity index (χ2v) is 7.02. The molecule has 0 radical (unpaired) electrons. The molecular weight excluding hydrogens is 370 g/mol. The maximum absolute atomic E-state index is 5.42. The highest BCUT2D eigenvalue weighted by molar-refractivity contribution is 5.86. The van der Waals surface area contributed by atoms with E-state index in [9.17, 15) is 0 Å². The summed E-state index contributed by atoms with van der Waals surface area (Å²) in [5, 5.41) is 6.00. The third-order valence-electron chi connectivity index (χ3n) is 5.02. The number of nitrogens with one attached hydrogen (secondary N) is 1. The fraction of sp³-hybridized carbons (Fsp3) is 0.333. The van der Waals surface area contributed by atoms with Gasteiger partial charge in [-0.2, -0.15) is 0 Å². The van der Waals surface area contributed by atoms with Gasteiger partial charge in [0.1, 0.15) is 0 Å². The Bertz CT molecular complexity index is 867. The van der Waals surface area contributed by atoms with E-state index in [1.54, 1.807) is 14.2 Å². The molecule has 0 bridgehead atoms. The van der Waals surface area contributed by atoms with Gasteiger partial charge in [-0.3, -0.25) is 0 Å². The number of hydrogen-bond acceptors (Lipinski definition) is 3. The molecule has 3 nitrogen and oxygen atoms in total. The van der Waals surface area contributed by atoms with Gasteiger partial charge in [0.05, 0.1) is 14.2 Å². The van der Waals surface area contributed by atoms with Gasteiger partial charge in [0, 0.05) is 6.04 Å². The van der Waals surface area contributed by atoms with Crippen LogP contribution in [-0.4, -0.2) is 26.8 Å². The Kier molecular flexibility index (Phi) is 8.62. The van der Waals surface area contributed by atoms with Gasteiger partial charge in [0.25, 0.3) is 0 Å². The van der Waals surface area contributed by atoms with Crippen LogP contribution in [0, 0.1) is 0 Å². The lowest BCUT2D eigenvalue weighted by molar-refractivity contribution is 0.356. The van der Waals surface area contributed by atoms with Crippen LogP contribution < -0.4 is 14.8 Å². The van der Waals surface area contributed by atoms with Crippen LogP contribution in [-0.2, 0) is 12.8 Å². The normalized spacial score (nSPS) is 11.7. The van der Waals surface area contributed by atoms with Crippen molar-refractivity contribution in [3.05, 3.63) is 71.8 Å². The third kappa shape index (κ3) is 5.88. The minimum Gasteiger partial charge on any atom is -0.493 e. The van der Waals surface area contributed by atoms with Crippen molar-refractivity contribution in [3.8, 4) is 11.5 Å². The standard InChI is InChI=1S/C24H29NO2.ClH/c1-18(9-10-19-7-5-4-6-8-19)25-14-13-20-11-12-21-16-23(26-2)24(27-3)17-22(21)15-20;/h4-8,11-12,15-18,25H,9-10,13-14H2,1-3H3;1H. The number of aryl methyl sites for hydroxylation is 1. The predicted octanol–water partition coefficient (Wildman–Crippen LogP) is 5.43. The van der Waals surface area contributed by atoms with E-state index in [-0.39, 0.29) is 12.4 Å². The predicted molar refractivity (Wildman–Crippen MR) is 120 cm³/mol. The van der Waals surface area contributed by atoms with E-state index in [0.29, 0.717) is 6.04 Å². The molecule has 28 heavy (non-hydrogen) atoms. The van der Waals surface area contributed by atoms with Gasteiger partial charge in [-0.25, -0.2) is 0 Å². The van der Waals surface area contributed by atoms with Gasteiger partial charge in [-0.1, -0.05) is 48.5 Å². The highest BCUT2D eigenvalue weighted by Crippen LogP contribution is 2.32. The zero-order valence-electron chi connectivity index (χ0n) is 16.9. The minimum absolute atomic E-state index is 0. The van der Waals surface area contributed by atoms with Gasteiger partial charge < -0.3 is 14.8 Å². The summed E-state index contributed by atoms with van der Waals surface area (Å²) in [7, 11) is 3.34. The van der Waals surface area contributed by atoms with Crippen molar-refractivity contribution in [1.29, 1.82) is 0 Å². The maximum Gasteiger partial charge on any atom is 0.161 e. The van der Waals surface area contributed by atoms with Gasteiger partial charge in [-0.05, 0) is 66.8 Å². The molecule has 0 aliphatic carbocycles. The van der Waals surface area contributed by atoms with Crippen LogP contribution in [0.15, 0.2) is 60.7 Å². The molecule has 4 heteroatoms. The summed E-state index contributed by atoms with van der Waals surface area (Å²) >= 11 is 0. The lowest BCUT2D eigenvalue weighted by Crippen LogP contribution is -2.28. The average Bonchev–Trinajstić information content (AvgIpc) is 2.71. The van der Waals surface area contributed by atoms with E-state index in [1.807, 2.05) is 12.1 Å². The van der Waals surface area contributed by atoms with Crippen molar-refractivity contribution in [2.24, 2.45) is 0 Å². The fourth-order valence-corrected chi connectivity index (χ4v) is 3.37. The van der Waals surface area contributed by atoms with Gasteiger partial charge in [0.15, 0.2) is 11.5 Å². The van der Waals surface area contributed by atoms with E-state index < -0.39 is 0 Å². The van der Waals surface area contributed by atoms with E-state index in [1.165, 1.54) is 21.9 Å². The van der Waals surface area contributed by atoms with Gasteiger partial charge in [-0.15, -0.1) is 12.4 Å². The monoisotopic (exact) mass is 399 g/mol. The highest BCUT2D eigenvalue weighted by Gasteiger charge is 2.07. The number of rotatable bonds is 9. The average molecular weight is 400 g/mol. The zero-order valence-corrected chi connectivity index (χ0v) is 17.7. The summed E-state index contributed by atoms with van der Waals surface area (Å²) in [6.45, 7) is 3.25. The van der Waals surface area contributed by atoms with E-state index in [4.69, 9.17) is 9.47 Å². The van der Waals surface area contributed by atoms with E-state index >= 15 is 0 Å². The van der Waals surface area contributed by atoms with Crippen LogP contribution in [0.2, 0.25) is 0 Å². The van der Waals surface area contributed by atoms with Crippen LogP contribution in [0.4, 0.5) is 0 Å². The van der Waals surface area contributed by atoms with Crippen LogP contribution in [0.3, 0.4) is 0 Å². The molecule has 3 rings (SSSR count). The first kappa shape index (κ1) is 22.1. The van der Waals surface area contributed by atoms with Crippen molar-refractivity contribution >= 4 is 23.2 Å². The summed E-state index contributed by atoms with van der Waals surface area (Å²) in [5.74, 6) is 1.54. The van der Waals surface area contributed by atoms with Crippen molar-refractivity contribution in [3.63, 3.8) is 0 Å². The lowest BCUT2D eigenvalue weighted by atomic mass is 10.0. The summed E-state index contributed by atoms with van der Waals surface area (Å²) in [5.41, 5.74) is 2.74. The molecule has 0 fully saturated rings. The molecule has 0 aromatic heterocycles. The highest BCUT2D eigenvalue weighted by atomic mass is 35.5. The lowest BCUT2D eigenvalue weighted by Gasteiger charge is -2.14. The first-order valence-corrected chi connectivity index (χ1v) is 9.61. The number of ether oxygens (including phenoxy) is 2. The molecule has 1 N–H and O–H groups in total. The molecule has 150 valence electrons. The number of benzene rings is 3. The Morgan fingerprint density at radius 2 is 1.46 bits per heavy atom. The molecule has 0 heterocycles. The van der Waals surface area contributed by atoms with Crippen LogP contribution in [0.25, 0.3) is 10.8 Å². The summed E-state index contributed by atoms with van der Waals surface area (Å²) in [4.78, 5) is 0. The Labute approximate surface area is 174 Å². The molecule has 0 spiro atoms. The van der Waals surface area contributed by atoms with E-state index in [0.717, 1.165) is 37.3 Å². The molecular formula is C24H30ClNO2. The molecule has 3 aromatic carbocycles. The number of halogens is 1. The third-order valence-corrected chi connectivity index (χ3v) is 5.02. The topological polar surface area (TPSA) is 30.5 Å². The van der Waals surface area contributed by atoms with Crippen molar-refractivity contribution < 1.29 is 9.47 Å². The molecule has 0 amide bonds. The Morgan fingerprint density at radius 3 is 2.14 bits per heavy atom. The van der Waals surface area contributed by atoms with Crippen molar-refractivity contribution in [1.82, 2.24) is 5.32 Å². The van der Waals surface area contributed by atoms with E-state index in [2.05, 4.69) is 60.8 Å². The molecule has 1 unspecified atom stereocenters. The summed E-state index contributed by atoms with van der Waals surface area (Å²) in [6, 6.07) is 21.9.